The first-order valence-electron chi connectivity index (χ1n) is 24.6. The molecule has 65 heavy (non-hydrogen) atoms. The number of fused-ring (bicyclic) bond motifs is 9. The zero-order valence-corrected chi connectivity index (χ0v) is 41.0. The van der Waals surface area contributed by atoms with E-state index >= 15 is 0 Å². The van der Waals surface area contributed by atoms with Crippen LogP contribution in [0.2, 0.25) is 0 Å². The van der Waals surface area contributed by atoms with Crippen LogP contribution >= 0.6 is 11.8 Å². The number of nitrogens with zero attached hydrogens (tertiary/aromatic N) is 1. The van der Waals surface area contributed by atoms with Crippen molar-refractivity contribution in [2.24, 2.45) is 39.5 Å². The second kappa shape index (κ2) is 16.9. The third kappa shape index (κ3) is 7.34. The van der Waals surface area contributed by atoms with Crippen LogP contribution in [-0.2, 0) is 5.41 Å². The third-order valence-electron chi connectivity index (χ3n) is 15.8. The van der Waals surface area contributed by atoms with Gasteiger partial charge in [0.25, 0.3) is 0 Å². The molecule has 0 bridgehead atoms. The van der Waals surface area contributed by atoms with Crippen LogP contribution in [0.15, 0.2) is 178 Å². The molecule has 6 unspecified atom stereocenters. The lowest BCUT2D eigenvalue weighted by Crippen LogP contribution is -2.35. The molecule has 2 aliphatic heterocycles. The summed E-state index contributed by atoms with van der Waals surface area (Å²) < 4.78 is 0. The van der Waals surface area contributed by atoms with Gasteiger partial charge in [-0.25, -0.2) is 0 Å². The molecule has 0 amide bonds. The summed E-state index contributed by atoms with van der Waals surface area (Å²) in [6.45, 7) is 21.7. The summed E-state index contributed by atoms with van der Waals surface area (Å²) in [7, 11) is 0. The van der Waals surface area contributed by atoms with Gasteiger partial charge in [-0.2, -0.15) is 0 Å². The molecule has 0 saturated heterocycles. The number of rotatable bonds is 6. The minimum atomic E-state index is -0.399. The average Bonchev–Trinajstić information content (AvgIpc) is 3.59. The summed E-state index contributed by atoms with van der Waals surface area (Å²) in [6.07, 6.45) is 9.36. The Morgan fingerprint density at radius 2 is 1.15 bits per heavy atom. The summed E-state index contributed by atoms with van der Waals surface area (Å²) in [5, 5.41) is 0. The predicted octanol–water partition coefficient (Wildman–Crippen LogP) is 17.3. The Hall–Kier alpha value is -5.18. The summed E-state index contributed by atoms with van der Waals surface area (Å²) in [5.41, 5.74) is 17.9. The minimum absolute atomic E-state index is 0.0298. The molecule has 0 radical (unpaired) electrons. The standard InChI is InChI=1S/C63H67NS/c1-10-45-47(41-30-32-42(33-31-41)48-37-38-51(61(4,5)6)46(11-2)58(48)62(7,8)9)35-29-40(3)59(64-60(45)43-21-13-12-14-22-43)44-34-36-50-49-23-15-16-24-52(49)63(55(50)39-44)53-25-17-19-27-56(53)65-57-28-20-18-26-54(57)63/h12-28,30-34,36-40,45-47,58-59H,10-11,29,35H2,1-9H3/b64-60-. The van der Waals surface area contributed by atoms with E-state index in [1.165, 1.54) is 76.7 Å². The van der Waals surface area contributed by atoms with E-state index in [9.17, 15) is 0 Å². The lowest BCUT2D eigenvalue weighted by molar-refractivity contribution is 0.212. The van der Waals surface area contributed by atoms with Crippen LogP contribution in [0.3, 0.4) is 0 Å². The van der Waals surface area contributed by atoms with Crippen LogP contribution in [0.25, 0.3) is 16.7 Å². The first kappa shape index (κ1) is 43.7. The molecule has 0 fully saturated rings. The van der Waals surface area contributed by atoms with Crippen molar-refractivity contribution in [1.29, 1.82) is 0 Å². The molecule has 4 aliphatic rings. The van der Waals surface area contributed by atoms with Gasteiger partial charge in [0.2, 0.25) is 0 Å². The number of hydrogen-bond donors (Lipinski definition) is 0. The topological polar surface area (TPSA) is 12.4 Å². The Labute approximate surface area is 394 Å². The van der Waals surface area contributed by atoms with Gasteiger partial charge in [-0.3, -0.25) is 4.99 Å². The summed E-state index contributed by atoms with van der Waals surface area (Å²) in [4.78, 5) is 8.73. The van der Waals surface area contributed by atoms with Crippen LogP contribution in [0.4, 0.5) is 0 Å². The maximum Gasteiger partial charge on any atom is 0.0778 e. The van der Waals surface area contributed by atoms with Crippen LogP contribution in [0.5, 0.6) is 0 Å². The van der Waals surface area contributed by atoms with Crippen molar-refractivity contribution >= 4 is 23.0 Å². The number of aliphatic imine (C=N–C) groups is 1. The molecular weight excluding hydrogens is 803 g/mol. The maximum absolute atomic E-state index is 6.05. The average molecular weight is 870 g/mol. The van der Waals surface area contributed by atoms with Crippen LogP contribution in [0.1, 0.15) is 144 Å². The first-order chi connectivity index (χ1) is 31.3. The van der Waals surface area contributed by atoms with Crippen molar-refractivity contribution in [3.8, 4) is 11.1 Å². The monoisotopic (exact) mass is 869 g/mol. The van der Waals surface area contributed by atoms with Crippen molar-refractivity contribution in [1.82, 2.24) is 0 Å². The summed E-state index contributed by atoms with van der Waals surface area (Å²) in [6, 6.07) is 56.0. The Kier molecular flexibility index (Phi) is 11.4. The van der Waals surface area contributed by atoms with Gasteiger partial charge in [0.15, 0.2) is 0 Å². The van der Waals surface area contributed by atoms with Crippen molar-refractivity contribution < 1.29 is 0 Å². The van der Waals surface area contributed by atoms with Gasteiger partial charge in [0, 0.05) is 21.4 Å². The molecule has 0 saturated carbocycles. The van der Waals surface area contributed by atoms with Gasteiger partial charge in [-0.1, -0.05) is 225 Å². The smallest absolute Gasteiger partial charge is 0.0778 e. The second-order valence-corrected chi connectivity index (χ2v) is 22.8. The lowest BCUT2D eigenvalue weighted by atomic mass is 9.59. The summed E-state index contributed by atoms with van der Waals surface area (Å²) >= 11 is 1.91. The van der Waals surface area contributed by atoms with E-state index in [1.807, 2.05) is 11.8 Å². The largest absolute Gasteiger partial charge is 0.280 e. The van der Waals surface area contributed by atoms with Crippen molar-refractivity contribution in [3.63, 3.8) is 0 Å². The molecule has 2 heterocycles. The molecule has 2 aliphatic carbocycles. The molecule has 6 aromatic carbocycles. The molecule has 330 valence electrons. The molecule has 6 aromatic rings. The lowest BCUT2D eigenvalue weighted by Gasteiger charge is -2.45. The Morgan fingerprint density at radius 1 is 0.569 bits per heavy atom. The number of hydrogen-bond acceptors (Lipinski definition) is 2. The second-order valence-electron chi connectivity index (χ2n) is 21.7. The molecule has 2 heteroatoms. The van der Waals surface area contributed by atoms with Crippen molar-refractivity contribution in [2.45, 2.75) is 115 Å². The Bertz CT molecular complexity index is 2780. The van der Waals surface area contributed by atoms with Gasteiger partial charge >= 0.3 is 0 Å². The highest BCUT2D eigenvalue weighted by atomic mass is 32.2. The third-order valence-corrected chi connectivity index (χ3v) is 17.0. The fourth-order valence-electron chi connectivity index (χ4n) is 12.9. The first-order valence-corrected chi connectivity index (χ1v) is 25.4. The van der Waals surface area contributed by atoms with Crippen molar-refractivity contribution in [3.05, 3.63) is 208 Å². The van der Waals surface area contributed by atoms with E-state index in [0.717, 1.165) is 25.7 Å². The van der Waals surface area contributed by atoms with Crippen LogP contribution in [-0.4, -0.2) is 5.71 Å². The predicted molar refractivity (Wildman–Crippen MR) is 277 cm³/mol. The van der Waals surface area contributed by atoms with Gasteiger partial charge in [-0.15, -0.1) is 0 Å². The molecule has 1 spiro atoms. The highest BCUT2D eigenvalue weighted by Crippen LogP contribution is 2.62. The van der Waals surface area contributed by atoms with Gasteiger partial charge in [0.1, 0.15) is 0 Å². The maximum atomic E-state index is 6.05. The minimum Gasteiger partial charge on any atom is -0.280 e. The van der Waals surface area contributed by atoms with Gasteiger partial charge in [-0.05, 0) is 134 Å². The highest BCUT2D eigenvalue weighted by Gasteiger charge is 2.50. The number of allylic oxidation sites excluding steroid dienone is 4. The molecule has 1 nitrogen and oxygen atoms in total. The number of benzene rings is 6. The fourth-order valence-corrected chi connectivity index (χ4v) is 14.1. The van der Waals surface area contributed by atoms with E-state index in [4.69, 9.17) is 4.99 Å². The molecule has 10 rings (SSSR count). The Balaban J connectivity index is 1.08. The zero-order chi connectivity index (χ0) is 45.3. The van der Waals surface area contributed by atoms with E-state index in [-0.39, 0.29) is 22.8 Å². The molecule has 0 aromatic heterocycles. The van der Waals surface area contributed by atoms with E-state index in [2.05, 4.69) is 220 Å². The van der Waals surface area contributed by atoms with Crippen molar-refractivity contribution in [2.75, 3.05) is 0 Å². The quantitative estimate of drug-likeness (QED) is 0.162. The van der Waals surface area contributed by atoms with E-state index in [0.29, 0.717) is 23.7 Å². The summed E-state index contributed by atoms with van der Waals surface area (Å²) in [5.74, 6) is 2.00. The van der Waals surface area contributed by atoms with Gasteiger partial charge in [0.05, 0.1) is 11.5 Å². The fraction of sp³-hybridized carbons (Fsp3) is 0.349. The van der Waals surface area contributed by atoms with Gasteiger partial charge < -0.3 is 0 Å². The van der Waals surface area contributed by atoms with E-state index in [1.54, 1.807) is 5.57 Å². The van der Waals surface area contributed by atoms with Crippen LogP contribution in [0, 0.1) is 34.5 Å². The SMILES string of the molecule is CCC1C(C(C)(C)C)=CC=C(c2ccc(C3CCC(C)C(c4ccc5c(c4)C4(c6ccccc6Sc6ccccc64)c4ccccc4-5)/N=C(/c4ccccc4)C3CC)cc2)C1C(C)(C)C. The molecule has 6 atom stereocenters. The van der Waals surface area contributed by atoms with Crippen LogP contribution < -0.4 is 0 Å². The zero-order valence-electron chi connectivity index (χ0n) is 40.2. The molecule has 0 N–H and O–H groups in total. The highest BCUT2D eigenvalue weighted by molar-refractivity contribution is 7.99. The molecular formula is C63H67NS. The Morgan fingerprint density at radius 3 is 1.78 bits per heavy atom. The normalized spacial score (nSPS) is 24.3. The van der Waals surface area contributed by atoms with E-state index < -0.39 is 5.41 Å².